The molecular weight excluding hydrogens is 454 g/mol. The van der Waals surface area contributed by atoms with Crippen LogP contribution in [-0.4, -0.2) is 73.6 Å². The van der Waals surface area contributed by atoms with Gasteiger partial charge in [-0.1, -0.05) is 30.3 Å². The van der Waals surface area contributed by atoms with Crippen LogP contribution in [0.4, 0.5) is 4.79 Å². The lowest BCUT2D eigenvalue weighted by Gasteiger charge is -2.22. The highest BCUT2D eigenvalue weighted by atomic mass is 32.2. The van der Waals surface area contributed by atoms with Gasteiger partial charge in [0, 0.05) is 0 Å². The molecule has 1 aromatic carbocycles. The van der Waals surface area contributed by atoms with E-state index < -0.39 is 36.0 Å². The van der Waals surface area contributed by atoms with Crippen molar-refractivity contribution in [3.63, 3.8) is 0 Å². The number of hydrogen-bond acceptors (Lipinski definition) is 8. The Morgan fingerprint density at radius 3 is 2.16 bits per heavy atom. The summed E-state index contributed by atoms with van der Waals surface area (Å²) in [6, 6.07) is 7.50. The van der Waals surface area contributed by atoms with Crippen molar-refractivity contribution in [2.75, 3.05) is 37.7 Å². The first-order chi connectivity index (χ1) is 15.4. The maximum absolute atomic E-state index is 12.7. The van der Waals surface area contributed by atoms with Gasteiger partial charge in [-0.2, -0.15) is 23.5 Å². The van der Waals surface area contributed by atoms with E-state index >= 15 is 0 Å². The van der Waals surface area contributed by atoms with Crippen LogP contribution < -0.4 is 16.0 Å². The first-order valence-electron chi connectivity index (χ1n) is 10.0. The van der Waals surface area contributed by atoms with Gasteiger partial charge in [-0.25, -0.2) is 9.59 Å². The van der Waals surface area contributed by atoms with Gasteiger partial charge in [0.05, 0.1) is 7.11 Å². The van der Waals surface area contributed by atoms with Gasteiger partial charge in [0.2, 0.25) is 11.8 Å². The number of carbonyl (C=O) groups is 4. The van der Waals surface area contributed by atoms with Crippen LogP contribution in [0.5, 0.6) is 0 Å². The standard InChI is InChI=1S/C21H31N3O6S2/c1-29-20(27)17(10-12-32-3)24-19(26)16(9-11-31-2)23-18(25)13-22-21(28)30-14-15-7-5-4-6-8-15/h4-8,16-17H,9-14H2,1-3H3,(H,22,28)(H,23,25)(H,24,26)/t16-,17-/m0/s1. The summed E-state index contributed by atoms with van der Waals surface area (Å²) in [6.07, 6.45) is 3.83. The first-order valence-corrected chi connectivity index (χ1v) is 12.8. The van der Waals surface area contributed by atoms with Crippen LogP contribution in [0.25, 0.3) is 0 Å². The number of rotatable bonds is 14. The molecule has 32 heavy (non-hydrogen) atoms. The summed E-state index contributed by atoms with van der Waals surface area (Å²) < 4.78 is 9.81. The topological polar surface area (TPSA) is 123 Å². The number of nitrogens with one attached hydrogen (secondary N) is 3. The van der Waals surface area contributed by atoms with Gasteiger partial charge in [-0.3, -0.25) is 9.59 Å². The molecule has 0 heterocycles. The second kappa shape index (κ2) is 16.3. The molecule has 3 N–H and O–H groups in total. The number of ether oxygens (including phenoxy) is 2. The van der Waals surface area contributed by atoms with Crippen LogP contribution in [0, 0.1) is 0 Å². The van der Waals surface area contributed by atoms with Crippen molar-refractivity contribution < 1.29 is 28.7 Å². The Hall–Kier alpha value is -2.40. The number of thioether (sulfide) groups is 2. The summed E-state index contributed by atoms with van der Waals surface area (Å²) in [5.74, 6) is -0.266. The average Bonchev–Trinajstić information content (AvgIpc) is 2.81. The lowest BCUT2D eigenvalue weighted by molar-refractivity contribution is -0.145. The molecule has 0 spiro atoms. The Labute approximate surface area is 197 Å². The Balaban J connectivity index is 2.56. The highest BCUT2D eigenvalue weighted by molar-refractivity contribution is 7.98. The minimum Gasteiger partial charge on any atom is -0.467 e. The number of esters is 1. The molecule has 0 aliphatic carbocycles. The van der Waals surface area contributed by atoms with E-state index in [0.717, 1.165) is 5.56 Å². The van der Waals surface area contributed by atoms with E-state index in [1.807, 2.05) is 42.8 Å². The van der Waals surface area contributed by atoms with Crippen LogP contribution in [0.1, 0.15) is 18.4 Å². The molecule has 0 aromatic heterocycles. The van der Waals surface area contributed by atoms with Crippen molar-refractivity contribution in [2.45, 2.75) is 31.5 Å². The number of hydrogen-bond donors (Lipinski definition) is 3. The number of amides is 3. The summed E-state index contributed by atoms with van der Waals surface area (Å²) in [5.41, 5.74) is 0.822. The summed E-state index contributed by atoms with van der Waals surface area (Å²) in [4.78, 5) is 48.8. The molecule has 2 atom stereocenters. The quantitative estimate of drug-likeness (QED) is 0.339. The maximum Gasteiger partial charge on any atom is 0.407 e. The zero-order valence-electron chi connectivity index (χ0n) is 18.6. The molecule has 3 amide bonds. The first kappa shape index (κ1) is 27.6. The van der Waals surface area contributed by atoms with Gasteiger partial charge in [0.15, 0.2) is 0 Å². The average molecular weight is 486 g/mol. The van der Waals surface area contributed by atoms with E-state index in [-0.39, 0.29) is 13.2 Å². The van der Waals surface area contributed by atoms with E-state index in [4.69, 9.17) is 9.47 Å². The smallest absolute Gasteiger partial charge is 0.407 e. The van der Waals surface area contributed by atoms with E-state index in [1.54, 1.807) is 11.8 Å². The second-order valence-corrected chi connectivity index (χ2v) is 8.65. The van der Waals surface area contributed by atoms with Crippen molar-refractivity contribution in [3.05, 3.63) is 35.9 Å². The molecule has 0 saturated carbocycles. The van der Waals surface area contributed by atoms with Crippen molar-refractivity contribution in [2.24, 2.45) is 0 Å². The fourth-order valence-electron chi connectivity index (χ4n) is 2.58. The zero-order valence-corrected chi connectivity index (χ0v) is 20.2. The molecule has 0 aliphatic rings. The van der Waals surface area contributed by atoms with E-state index in [0.29, 0.717) is 24.3 Å². The lowest BCUT2D eigenvalue weighted by atomic mass is 10.1. The Morgan fingerprint density at radius 2 is 1.56 bits per heavy atom. The zero-order chi connectivity index (χ0) is 23.8. The van der Waals surface area contributed by atoms with Crippen LogP contribution in [0.15, 0.2) is 30.3 Å². The van der Waals surface area contributed by atoms with Gasteiger partial charge in [0.25, 0.3) is 0 Å². The number of methoxy groups -OCH3 is 1. The third kappa shape index (κ3) is 11.3. The van der Waals surface area contributed by atoms with Crippen molar-refractivity contribution >= 4 is 47.4 Å². The predicted molar refractivity (Wildman–Crippen MR) is 127 cm³/mol. The number of alkyl carbamates (subject to hydrolysis) is 1. The Kier molecular flexibility index (Phi) is 14.0. The molecule has 0 fully saturated rings. The largest absolute Gasteiger partial charge is 0.467 e. The van der Waals surface area contributed by atoms with Gasteiger partial charge < -0.3 is 25.4 Å². The van der Waals surface area contributed by atoms with Crippen molar-refractivity contribution in [1.29, 1.82) is 0 Å². The third-order valence-electron chi connectivity index (χ3n) is 4.28. The van der Waals surface area contributed by atoms with Crippen LogP contribution >= 0.6 is 23.5 Å². The van der Waals surface area contributed by atoms with Gasteiger partial charge in [-0.15, -0.1) is 0 Å². The lowest BCUT2D eigenvalue weighted by Crippen LogP contribution is -2.53. The maximum atomic E-state index is 12.7. The minimum atomic E-state index is -0.849. The van der Waals surface area contributed by atoms with Gasteiger partial charge in [0.1, 0.15) is 25.2 Å². The van der Waals surface area contributed by atoms with Crippen LogP contribution in [0.2, 0.25) is 0 Å². The molecule has 0 unspecified atom stereocenters. The predicted octanol–water partition coefficient (Wildman–Crippen LogP) is 1.56. The molecule has 0 radical (unpaired) electrons. The highest BCUT2D eigenvalue weighted by Gasteiger charge is 2.27. The molecule has 0 bridgehead atoms. The third-order valence-corrected chi connectivity index (χ3v) is 5.57. The van der Waals surface area contributed by atoms with Crippen LogP contribution in [-0.2, 0) is 30.5 Å². The molecule has 1 rings (SSSR count). The molecule has 0 aliphatic heterocycles. The number of carbonyl (C=O) groups excluding carboxylic acids is 4. The SMILES string of the molecule is COC(=O)[C@H](CCSC)NC(=O)[C@H](CCSC)NC(=O)CNC(=O)OCc1ccccc1. The molecule has 11 heteroatoms. The number of benzene rings is 1. The highest BCUT2D eigenvalue weighted by Crippen LogP contribution is 2.06. The summed E-state index contributed by atoms with van der Waals surface area (Å²) in [6.45, 7) is -0.262. The summed E-state index contributed by atoms with van der Waals surface area (Å²) in [5, 5.41) is 7.63. The second-order valence-electron chi connectivity index (χ2n) is 6.68. The van der Waals surface area contributed by atoms with E-state index in [2.05, 4.69) is 16.0 Å². The van der Waals surface area contributed by atoms with Crippen LogP contribution in [0.3, 0.4) is 0 Å². The molecule has 9 nitrogen and oxygen atoms in total. The molecule has 178 valence electrons. The van der Waals surface area contributed by atoms with E-state index in [9.17, 15) is 19.2 Å². The van der Waals surface area contributed by atoms with Crippen molar-refractivity contribution in [3.8, 4) is 0 Å². The van der Waals surface area contributed by atoms with Gasteiger partial charge >= 0.3 is 12.1 Å². The normalized spacial score (nSPS) is 12.2. The summed E-state index contributed by atoms with van der Waals surface area (Å²) >= 11 is 3.07. The molecule has 1 aromatic rings. The monoisotopic (exact) mass is 485 g/mol. The molecular formula is C21H31N3O6S2. The molecule has 0 saturated heterocycles. The fourth-order valence-corrected chi connectivity index (χ4v) is 3.52. The fraction of sp³-hybridized carbons (Fsp3) is 0.524. The van der Waals surface area contributed by atoms with Gasteiger partial charge in [-0.05, 0) is 42.4 Å². The van der Waals surface area contributed by atoms with E-state index in [1.165, 1.54) is 18.9 Å². The Morgan fingerprint density at radius 1 is 0.938 bits per heavy atom. The van der Waals surface area contributed by atoms with Crippen molar-refractivity contribution in [1.82, 2.24) is 16.0 Å². The Bertz CT molecular complexity index is 736. The minimum absolute atomic E-state index is 0.0814. The summed E-state index contributed by atoms with van der Waals surface area (Å²) in [7, 11) is 1.26.